The first-order valence-corrected chi connectivity index (χ1v) is 8.97. The summed E-state index contributed by atoms with van der Waals surface area (Å²) in [5, 5.41) is 0. The number of hydrogen-bond donors (Lipinski definition) is 1. The zero-order valence-corrected chi connectivity index (χ0v) is 15.5. The fourth-order valence-electron chi connectivity index (χ4n) is 3.04. The van der Waals surface area contributed by atoms with E-state index in [0.29, 0.717) is 29.3 Å². The molecule has 1 fully saturated rings. The Morgan fingerprint density at radius 3 is 2.56 bits per heavy atom. The first-order valence-electron chi connectivity index (χ1n) is 8.97. The summed E-state index contributed by atoms with van der Waals surface area (Å²) in [6, 6.07) is 4.03. The van der Waals surface area contributed by atoms with Gasteiger partial charge < -0.3 is 20.3 Å². The molecule has 1 saturated heterocycles. The van der Waals surface area contributed by atoms with Crippen molar-refractivity contribution in [3.63, 3.8) is 0 Å². The fraction of sp³-hybridized carbons (Fsp3) is 0.389. The van der Waals surface area contributed by atoms with Crippen LogP contribution < -0.4 is 15.4 Å². The third-order valence-electron chi connectivity index (χ3n) is 4.54. The molecule has 0 saturated carbocycles. The van der Waals surface area contributed by atoms with Gasteiger partial charge in [-0.05, 0) is 26.1 Å². The van der Waals surface area contributed by atoms with Crippen LogP contribution >= 0.6 is 0 Å². The summed E-state index contributed by atoms with van der Waals surface area (Å²) in [6.45, 7) is 6.39. The molecule has 0 aliphatic carbocycles. The number of fused-ring (bicyclic) bond motifs is 1. The Bertz CT molecular complexity index is 938. The number of aromatic nitrogens is 5. The van der Waals surface area contributed by atoms with E-state index in [1.165, 1.54) is 0 Å². The SMILES string of the molecule is CCOc1nc(N)nc2ncc(-c3ccc(N4CCN(C)CC4)nc3)nc12. The standard InChI is InChI=1S/C18H22N8O/c1-3-27-17-15-16(23-18(19)24-17)21-11-13(22-15)12-4-5-14(20-10-12)26-8-6-25(2)7-9-26/h4-5,10-11H,3,6-9H2,1-2H3,(H2,19,21,23,24). The third-order valence-corrected chi connectivity index (χ3v) is 4.54. The minimum absolute atomic E-state index is 0.117. The summed E-state index contributed by atoms with van der Waals surface area (Å²) in [5.41, 5.74) is 8.18. The molecule has 3 aromatic rings. The molecule has 0 unspecified atom stereocenters. The van der Waals surface area contributed by atoms with E-state index < -0.39 is 0 Å². The van der Waals surface area contributed by atoms with E-state index in [0.717, 1.165) is 37.6 Å². The van der Waals surface area contributed by atoms with Gasteiger partial charge in [0.25, 0.3) is 0 Å². The van der Waals surface area contributed by atoms with Crippen LogP contribution in [0.15, 0.2) is 24.5 Å². The van der Waals surface area contributed by atoms with Crippen LogP contribution in [0.4, 0.5) is 11.8 Å². The summed E-state index contributed by atoms with van der Waals surface area (Å²) in [6.07, 6.45) is 3.49. The minimum Gasteiger partial charge on any atom is -0.476 e. The Morgan fingerprint density at radius 1 is 1.04 bits per heavy atom. The Morgan fingerprint density at radius 2 is 1.85 bits per heavy atom. The van der Waals surface area contributed by atoms with Gasteiger partial charge >= 0.3 is 0 Å². The number of piperazine rings is 1. The summed E-state index contributed by atoms with van der Waals surface area (Å²) in [4.78, 5) is 26.5. The van der Waals surface area contributed by atoms with Gasteiger partial charge in [-0.2, -0.15) is 9.97 Å². The molecule has 4 heterocycles. The number of nitrogen functional groups attached to an aromatic ring is 1. The molecule has 3 aromatic heterocycles. The predicted molar refractivity (Wildman–Crippen MR) is 104 cm³/mol. The lowest BCUT2D eigenvalue weighted by Crippen LogP contribution is -2.44. The van der Waals surface area contributed by atoms with Gasteiger partial charge in [-0.25, -0.2) is 15.0 Å². The fourth-order valence-corrected chi connectivity index (χ4v) is 3.04. The first-order chi connectivity index (χ1) is 13.1. The van der Waals surface area contributed by atoms with Crippen LogP contribution in [0.3, 0.4) is 0 Å². The Balaban J connectivity index is 1.64. The molecule has 1 aliphatic rings. The number of ether oxygens (including phenoxy) is 1. The lowest BCUT2D eigenvalue weighted by molar-refractivity contribution is 0.312. The monoisotopic (exact) mass is 366 g/mol. The van der Waals surface area contributed by atoms with Gasteiger partial charge in [-0.1, -0.05) is 0 Å². The molecule has 0 amide bonds. The number of likely N-dealkylation sites (N-methyl/N-ethyl adjacent to an activating group) is 1. The van der Waals surface area contributed by atoms with Crippen LogP contribution in [-0.4, -0.2) is 69.7 Å². The molecule has 27 heavy (non-hydrogen) atoms. The second-order valence-electron chi connectivity index (χ2n) is 6.44. The average molecular weight is 366 g/mol. The van der Waals surface area contributed by atoms with Crippen molar-refractivity contribution in [1.29, 1.82) is 0 Å². The van der Waals surface area contributed by atoms with E-state index in [9.17, 15) is 0 Å². The zero-order chi connectivity index (χ0) is 18.8. The number of hydrogen-bond acceptors (Lipinski definition) is 9. The molecular formula is C18H22N8O. The van der Waals surface area contributed by atoms with Crippen LogP contribution in [-0.2, 0) is 0 Å². The van der Waals surface area contributed by atoms with Gasteiger partial charge in [0.15, 0.2) is 11.2 Å². The normalized spacial score (nSPS) is 15.3. The van der Waals surface area contributed by atoms with Gasteiger partial charge in [0, 0.05) is 37.9 Å². The molecule has 0 aromatic carbocycles. The van der Waals surface area contributed by atoms with Gasteiger partial charge in [0.05, 0.1) is 18.5 Å². The van der Waals surface area contributed by atoms with Crippen molar-refractivity contribution in [2.45, 2.75) is 6.92 Å². The van der Waals surface area contributed by atoms with E-state index >= 15 is 0 Å². The molecule has 0 spiro atoms. The minimum atomic E-state index is 0.117. The highest BCUT2D eigenvalue weighted by molar-refractivity contribution is 5.79. The van der Waals surface area contributed by atoms with E-state index in [-0.39, 0.29) is 5.95 Å². The molecule has 4 rings (SSSR count). The van der Waals surface area contributed by atoms with Crippen LogP contribution in [0.2, 0.25) is 0 Å². The van der Waals surface area contributed by atoms with E-state index in [4.69, 9.17) is 10.5 Å². The summed E-state index contributed by atoms with van der Waals surface area (Å²) in [7, 11) is 2.14. The zero-order valence-electron chi connectivity index (χ0n) is 15.5. The van der Waals surface area contributed by atoms with Crippen molar-refractivity contribution in [3.05, 3.63) is 24.5 Å². The van der Waals surface area contributed by atoms with Gasteiger partial charge in [-0.15, -0.1) is 0 Å². The summed E-state index contributed by atoms with van der Waals surface area (Å²) >= 11 is 0. The van der Waals surface area contributed by atoms with Gasteiger partial charge in [0.2, 0.25) is 11.8 Å². The number of rotatable bonds is 4. The number of pyridine rings is 1. The smallest absolute Gasteiger partial charge is 0.247 e. The van der Waals surface area contributed by atoms with E-state index in [2.05, 4.69) is 41.8 Å². The Hall–Kier alpha value is -3.07. The maximum absolute atomic E-state index is 5.71. The van der Waals surface area contributed by atoms with Crippen molar-refractivity contribution in [1.82, 2.24) is 29.8 Å². The Labute approximate surface area is 157 Å². The molecule has 140 valence electrons. The molecule has 9 heteroatoms. The second-order valence-corrected chi connectivity index (χ2v) is 6.44. The van der Waals surface area contributed by atoms with Crippen molar-refractivity contribution < 1.29 is 4.74 Å². The highest BCUT2D eigenvalue weighted by Crippen LogP contribution is 2.25. The molecule has 1 aliphatic heterocycles. The molecule has 2 N–H and O–H groups in total. The lowest BCUT2D eigenvalue weighted by atomic mass is 10.2. The maximum Gasteiger partial charge on any atom is 0.247 e. The summed E-state index contributed by atoms with van der Waals surface area (Å²) in [5.74, 6) is 1.44. The topological polar surface area (TPSA) is 106 Å². The first kappa shape index (κ1) is 17.3. The van der Waals surface area contributed by atoms with E-state index in [1.54, 1.807) is 6.20 Å². The average Bonchev–Trinajstić information content (AvgIpc) is 2.69. The van der Waals surface area contributed by atoms with Crippen molar-refractivity contribution in [2.24, 2.45) is 0 Å². The van der Waals surface area contributed by atoms with Gasteiger partial charge in [-0.3, -0.25) is 0 Å². The second kappa shape index (κ2) is 7.28. The number of nitrogens with zero attached hydrogens (tertiary/aromatic N) is 7. The quantitative estimate of drug-likeness (QED) is 0.729. The van der Waals surface area contributed by atoms with Gasteiger partial charge in [0.1, 0.15) is 5.82 Å². The third kappa shape index (κ3) is 3.59. The van der Waals surface area contributed by atoms with Crippen molar-refractivity contribution in [3.8, 4) is 17.1 Å². The molecule has 0 radical (unpaired) electrons. The lowest BCUT2D eigenvalue weighted by Gasteiger charge is -2.33. The largest absolute Gasteiger partial charge is 0.476 e. The molecular weight excluding hydrogens is 344 g/mol. The van der Waals surface area contributed by atoms with Crippen molar-refractivity contribution in [2.75, 3.05) is 50.5 Å². The molecule has 0 bridgehead atoms. The van der Waals surface area contributed by atoms with Crippen LogP contribution in [0.1, 0.15) is 6.92 Å². The van der Waals surface area contributed by atoms with Crippen LogP contribution in [0.25, 0.3) is 22.4 Å². The molecule has 9 nitrogen and oxygen atoms in total. The predicted octanol–water partition coefficient (Wildman–Crippen LogP) is 1.21. The van der Waals surface area contributed by atoms with Crippen LogP contribution in [0.5, 0.6) is 5.88 Å². The van der Waals surface area contributed by atoms with Crippen molar-refractivity contribution >= 4 is 22.9 Å². The summed E-state index contributed by atoms with van der Waals surface area (Å²) < 4.78 is 5.54. The highest BCUT2D eigenvalue weighted by atomic mass is 16.5. The van der Waals surface area contributed by atoms with Crippen LogP contribution in [0, 0.1) is 0 Å². The molecule has 0 atom stereocenters. The van der Waals surface area contributed by atoms with E-state index in [1.807, 2.05) is 25.3 Å². The number of anilines is 2. The highest BCUT2D eigenvalue weighted by Gasteiger charge is 2.16. The Kier molecular flexibility index (Phi) is 4.68. The number of nitrogens with two attached hydrogens (primary N) is 1. The maximum atomic E-state index is 5.71.